The summed E-state index contributed by atoms with van der Waals surface area (Å²) in [7, 11) is 0. The first-order valence-electron chi connectivity index (χ1n) is 10.0. The molecule has 0 saturated carbocycles. The van der Waals surface area contributed by atoms with Crippen LogP contribution >= 0.6 is 11.6 Å². The quantitative estimate of drug-likeness (QED) is 0.418. The van der Waals surface area contributed by atoms with Crippen molar-refractivity contribution in [1.29, 1.82) is 0 Å². The zero-order valence-corrected chi connectivity index (χ0v) is 17.6. The molecule has 32 heavy (non-hydrogen) atoms. The lowest BCUT2D eigenvalue weighted by Gasteiger charge is -2.21. The van der Waals surface area contributed by atoms with Crippen molar-refractivity contribution in [1.82, 2.24) is 4.57 Å². The molecular weight excluding hydrogens is 433 g/mol. The molecule has 5 rings (SSSR count). The van der Waals surface area contributed by atoms with Crippen LogP contribution in [0.4, 0.5) is 4.39 Å². The van der Waals surface area contributed by atoms with Crippen LogP contribution in [0.5, 0.6) is 11.5 Å². The molecule has 0 fully saturated rings. The van der Waals surface area contributed by atoms with Crippen LogP contribution in [0.25, 0.3) is 10.9 Å². The highest BCUT2D eigenvalue weighted by atomic mass is 35.5. The highest BCUT2D eigenvalue weighted by molar-refractivity contribution is 6.30. The summed E-state index contributed by atoms with van der Waals surface area (Å²) in [6.45, 7) is 0.887. The van der Waals surface area contributed by atoms with E-state index < -0.39 is 11.2 Å². The first kappa shape index (κ1) is 20.3. The van der Waals surface area contributed by atoms with Gasteiger partial charge in [-0.15, -0.1) is 0 Å². The van der Waals surface area contributed by atoms with Crippen LogP contribution < -0.4 is 14.9 Å². The van der Waals surface area contributed by atoms with Gasteiger partial charge in [-0.3, -0.25) is 9.59 Å². The number of benzene rings is 3. The lowest BCUT2D eigenvalue weighted by molar-refractivity contribution is 0.103. The number of pyridine rings is 1. The Bertz CT molecular complexity index is 1410. The predicted molar refractivity (Wildman–Crippen MR) is 120 cm³/mol. The molecule has 4 aromatic rings. The van der Waals surface area contributed by atoms with Crippen molar-refractivity contribution in [3.8, 4) is 11.5 Å². The Morgan fingerprint density at radius 1 is 1.00 bits per heavy atom. The molecule has 2 heterocycles. The number of halogens is 2. The number of rotatable bonds is 4. The summed E-state index contributed by atoms with van der Waals surface area (Å²) in [5, 5.41) is 0.784. The van der Waals surface area contributed by atoms with E-state index in [1.54, 1.807) is 59.2 Å². The van der Waals surface area contributed by atoms with Gasteiger partial charge in [0.1, 0.15) is 19.0 Å². The number of fused-ring (bicyclic) bond motifs is 2. The highest BCUT2D eigenvalue weighted by Crippen LogP contribution is 2.34. The Balaban J connectivity index is 1.73. The number of aromatic nitrogens is 1. The molecule has 160 valence electrons. The lowest BCUT2D eigenvalue weighted by Crippen LogP contribution is -2.22. The fourth-order valence-corrected chi connectivity index (χ4v) is 3.91. The summed E-state index contributed by atoms with van der Waals surface area (Å²) in [5.74, 6) is 0.129. The zero-order chi connectivity index (χ0) is 22.2. The molecule has 3 aromatic carbocycles. The van der Waals surface area contributed by atoms with Gasteiger partial charge in [-0.1, -0.05) is 29.8 Å². The SMILES string of the molecule is O=C(c1ccc(Cl)cc1)c1cn(Cc2ccccc2F)c2cc3c(cc2c1=O)OCCO3. The van der Waals surface area contributed by atoms with Gasteiger partial charge in [0.2, 0.25) is 5.43 Å². The molecule has 0 spiro atoms. The summed E-state index contributed by atoms with van der Waals surface area (Å²) in [5.41, 5.74) is 0.836. The van der Waals surface area contributed by atoms with Gasteiger partial charge in [0.15, 0.2) is 17.3 Å². The van der Waals surface area contributed by atoms with E-state index in [4.69, 9.17) is 21.1 Å². The normalized spacial score (nSPS) is 12.7. The molecule has 0 radical (unpaired) electrons. The largest absolute Gasteiger partial charge is 0.486 e. The van der Waals surface area contributed by atoms with E-state index in [0.717, 1.165) is 0 Å². The Labute approximate surface area is 187 Å². The minimum atomic E-state index is -0.439. The number of hydrogen-bond acceptors (Lipinski definition) is 4. The van der Waals surface area contributed by atoms with Crippen LogP contribution in [0.2, 0.25) is 5.02 Å². The van der Waals surface area contributed by atoms with Crippen LogP contribution in [0.15, 0.2) is 71.7 Å². The molecule has 0 amide bonds. The topological polar surface area (TPSA) is 57.5 Å². The standard InChI is InChI=1S/C25H17ClFNO4/c26-17-7-5-15(6-8-17)24(29)19-14-28(13-16-3-1-2-4-20(16)27)21-12-23-22(31-9-10-32-23)11-18(21)25(19)30/h1-8,11-12,14H,9-10,13H2. The van der Waals surface area contributed by atoms with Crippen LogP contribution in [-0.2, 0) is 6.54 Å². The third kappa shape index (κ3) is 3.63. The Morgan fingerprint density at radius 2 is 1.69 bits per heavy atom. The molecule has 0 aliphatic carbocycles. The minimum absolute atomic E-state index is 0.0205. The van der Waals surface area contributed by atoms with Crippen molar-refractivity contribution in [2.45, 2.75) is 6.54 Å². The molecular formula is C25H17ClFNO4. The number of hydrogen-bond donors (Lipinski definition) is 0. The van der Waals surface area contributed by atoms with E-state index in [1.807, 2.05) is 0 Å². The first-order valence-corrected chi connectivity index (χ1v) is 10.4. The van der Waals surface area contributed by atoms with Gasteiger partial charge >= 0.3 is 0 Å². The predicted octanol–water partition coefficient (Wildman–Crippen LogP) is 4.84. The third-order valence-electron chi connectivity index (χ3n) is 5.39. The van der Waals surface area contributed by atoms with Crippen LogP contribution in [0.1, 0.15) is 21.5 Å². The van der Waals surface area contributed by atoms with Crippen molar-refractivity contribution in [2.75, 3.05) is 13.2 Å². The summed E-state index contributed by atoms with van der Waals surface area (Å²) in [6, 6.07) is 16.0. The van der Waals surface area contributed by atoms with Crippen molar-refractivity contribution < 1.29 is 18.7 Å². The average Bonchev–Trinajstić information content (AvgIpc) is 2.81. The van der Waals surface area contributed by atoms with E-state index in [-0.39, 0.29) is 17.9 Å². The third-order valence-corrected chi connectivity index (χ3v) is 5.65. The Kier molecular flexibility index (Phi) is 5.15. The molecule has 1 aromatic heterocycles. The van der Waals surface area contributed by atoms with Gasteiger partial charge in [-0.25, -0.2) is 4.39 Å². The molecule has 0 unspecified atom stereocenters. The maximum atomic E-state index is 14.4. The summed E-state index contributed by atoms with van der Waals surface area (Å²) in [6.07, 6.45) is 1.48. The van der Waals surface area contributed by atoms with E-state index in [0.29, 0.717) is 51.8 Å². The fourth-order valence-electron chi connectivity index (χ4n) is 3.79. The van der Waals surface area contributed by atoms with E-state index in [1.165, 1.54) is 12.3 Å². The van der Waals surface area contributed by atoms with Crippen LogP contribution in [0, 0.1) is 5.82 Å². The molecule has 0 bridgehead atoms. The Hall–Kier alpha value is -3.64. The van der Waals surface area contributed by atoms with Gasteiger partial charge in [-0.2, -0.15) is 0 Å². The monoisotopic (exact) mass is 449 g/mol. The lowest BCUT2D eigenvalue weighted by atomic mass is 10.0. The van der Waals surface area contributed by atoms with Gasteiger partial charge in [0, 0.05) is 28.4 Å². The zero-order valence-electron chi connectivity index (χ0n) is 16.8. The minimum Gasteiger partial charge on any atom is -0.486 e. The number of ketones is 1. The molecule has 0 N–H and O–H groups in total. The second kappa shape index (κ2) is 8.13. The number of ether oxygens (including phenoxy) is 2. The molecule has 1 aliphatic rings. The second-order valence-corrected chi connectivity index (χ2v) is 7.88. The number of carbonyl (C=O) groups is 1. The second-order valence-electron chi connectivity index (χ2n) is 7.44. The van der Waals surface area contributed by atoms with Crippen molar-refractivity contribution >= 4 is 28.3 Å². The first-order chi connectivity index (χ1) is 15.5. The molecule has 0 atom stereocenters. The van der Waals surface area contributed by atoms with Crippen LogP contribution in [-0.4, -0.2) is 23.6 Å². The average molecular weight is 450 g/mol. The smallest absolute Gasteiger partial charge is 0.200 e. The maximum Gasteiger partial charge on any atom is 0.200 e. The molecule has 7 heteroatoms. The van der Waals surface area contributed by atoms with Crippen molar-refractivity contribution in [2.24, 2.45) is 0 Å². The molecule has 1 aliphatic heterocycles. The fraction of sp³-hybridized carbons (Fsp3) is 0.120. The van der Waals surface area contributed by atoms with Crippen LogP contribution in [0.3, 0.4) is 0 Å². The van der Waals surface area contributed by atoms with Crippen molar-refractivity contribution in [3.05, 3.63) is 105 Å². The maximum absolute atomic E-state index is 14.4. The summed E-state index contributed by atoms with van der Waals surface area (Å²) >= 11 is 5.93. The highest BCUT2D eigenvalue weighted by Gasteiger charge is 2.21. The van der Waals surface area contributed by atoms with Crippen molar-refractivity contribution in [3.63, 3.8) is 0 Å². The number of carbonyl (C=O) groups excluding carboxylic acids is 1. The van der Waals surface area contributed by atoms with Gasteiger partial charge in [0.05, 0.1) is 23.0 Å². The van der Waals surface area contributed by atoms with Gasteiger partial charge in [0.25, 0.3) is 0 Å². The van der Waals surface area contributed by atoms with E-state index >= 15 is 0 Å². The molecule has 0 saturated heterocycles. The Morgan fingerprint density at radius 3 is 2.41 bits per heavy atom. The van der Waals surface area contributed by atoms with Gasteiger partial charge < -0.3 is 14.0 Å². The van der Waals surface area contributed by atoms with E-state index in [2.05, 4.69) is 0 Å². The number of nitrogens with zero attached hydrogens (tertiary/aromatic N) is 1. The van der Waals surface area contributed by atoms with E-state index in [9.17, 15) is 14.0 Å². The summed E-state index contributed by atoms with van der Waals surface area (Å²) in [4.78, 5) is 26.5. The van der Waals surface area contributed by atoms with Gasteiger partial charge in [-0.05, 0) is 36.4 Å². The molecule has 5 nitrogen and oxygen atoms in total. The summed E-state index contributed by atoms with van der Waals surface area (Å²) < 4.78 is 27.4.